The van der Waals surface area contributed by atoms with Gasteiger partial charge in [-0.15, -0.1) is 0 Å². The molecule has 1 atom stereocenters. The highest BCUT2D eigenvalue weighted by molar-refractivity contribution is 6.03. The number of halogens is 1. The lowest BCUT2D eigenvalue weighted by Gasteiger charge is -2.23. The topological polar surface area (TPSA) is 67.4 Å². The first kappa shape index (κ1) is 15.7. The van der Waals surface area contributed by atoms with Crippen LogP contribution in [0.15, 0.2) is 48.5 Å². The zero-order chi connectivity index (χ0) is 17.1. The summed E-state index contributed by atoms with van der Waals surface area (Å²) in [5.41, 5.74) is 1.76. The van der Waals surface area contributed by atoms with Gasteiger partial charge in [-0.1, -0.05) is 12.1 Å². The lowest BCUT2D eigenvalue weighted by Crippen LogP contribution is -2.34. The number of carbonyl (C=O) groups excluding carboxylic acids is 2. The van der Waals surface area contributed by atoms with Gasteiger partial charge in [0, 0.05) is 11.8 Å². The Morgan fingerprint density at radius 1 is 1.25 bits per heavy atom. The molecule has 2 N–H and O–H groups in total. The zero-order valence-corrected chi connectivity index (χ0v) is 12.9. The Kier molecular flexibility index (Phi) is 4.29. The third-order valence-electron chi connectivity index (χ3n) is 3.48. The average molecular weight is 326 g/mol. The van der Waals surface area contributed by atoms with E-state index in [-0.39, 0.29) is 17.6 Å². The highest BCUT2D eigenvalue weighted by Crippen LogP contribution is 2.32. The molecule has 0 bridgehead atoms. The second-order valence-corrected chi connectivity index (χ2v) is 5.33. The van der Waals surface area contributed by atoms with Crippen LogP contribution in [-0.2, 0) is 9.59 Å². The van der Waals surface area contributed by atoms with Gasteiger partial charge in [-0.2, -0.15) is 0 Å². The smallest absolute Gasteiger partial charge is 0.265 e. The van der Waals surface area contributed by atoms with Crippen molar-refractivity contribution in [1.82, 2.24) is 0 Å². The van der Waals surface area contributed by atoms with Crippen molar-refractivity contribution in [2.45, 2.75) is 13.0 Å². The number of hydrogen-bond acceptors (Lipinski definition) is 3. The minimum absolute atomic E-state index is 0.234. The van der Waals surface area contributed by atoms with E-state index in [0.717, 1.165) is 0 Å². The van der Waals surface area contributed by atoms with Crippen LogP contribution in [0.2, 0.25) is 0 Å². The Morgan fingerprint density at radius 2 is 2.00 bits per heavy atom. The Labute approximate surface area is 138 Å². The number of carbonyl (C=O) groups is 2. The van der Waals surface area contributed by atoms with Crippen LogP contribution in [0.4, 0.5) is 15.8 Å². The van der Waals surface area contributed by atoms with Crippen molar-refractivity contribution >= 4 is 29.3 Å². The van der Waals surface area contributed by atoms with Crippen molar-refractivity contribution in [3.63, 3.8) is 0 Å². The van der Waals surface area contributed by atoms with Gasteiger partial charge in [0.05, 0.1) is 5.69 Å². The van der Waals surface area contributed by atoms with E-state index in [1.807, 2.05) is 0 Å². The molecule has 0 saturated carbocycles. The third kappa shape index (κ3) is 3.60. The molecule has 0 radical (unpaired) electrons. The molecule has 1 unspecified atom stereocenters. The summed E-state index contributed by atoms with van der Waals surface area (Å²) in [6, 6.07) is 10.8. The number of amides is 2. The normalized spacial score (nSPS) is 16.2. The predicted octanol–water partition coefficient (Wildman–Crippen LogP) is 3.20. The highest BCUT2D eigenvalue weighted by atomic mass is 19.1. The Bertz CT molecular complexity index is 816. The molecule has 0 aromatic heterocycles. The fourth-order valence-electron chi connectivity index (χ4n) is 2.22. The van der Waals surface area contributed by atoms with E-state index in [0.29, 0.717) is 22.7 Å². The summed E-state index contributed by atoms with van der Waals surface area (Å²) in [4.78, 5) is 23.6. The first-order valence-corrected chi connectivity index (χ1v) is 7.37. The van der Waals surface area contributed by atoms with Crippen molar-refractivity contribution in [2.24, 2.45) is 0 Å². The van der Waals surface area contributed by atoms with Crippen LogP contribution >= 0.6 is 0 Å². The van der Waals surface area contributed by atoms with E-state index >= 15 is 0 Å². The summed E-state index contributed by atoms with van der Waals surface area (Å²) in [5.74, 6) is -0.343. The predicted molar refractivity (Wildman–Crippen MR) is 89.2 cm³/mol. The van der Waals surface area contributed by atoms with Crippen LogP contribution in [0.25, 0.3) is 6.08 Å². The van der Waals surface area contributed by atoms with E-state index in [9.17, 15) is 14.0 Å². The zero-order valence-electron chi connectivity index (χ0n) is 12.9. The van der Waals surface area contributed by atoms with Crippen LogP contribution in [0.5, 0.6) is 5.75 Å². The molecule has 2 aromatic rings. The SMILES string of the molecule is CC1Oc2ccc(NC(=O)C=Cc3ccc(F)cc3)cc2NC1=O. The Hall–Kier alpha value is -3.15. The van der Waals surface area contributed by atoms with Gasteiger partial charge in [-0.05, 0) is 48.9 Å². The maximum Gasteiger partial charge on any atom is 0.265 e. The number of hydrogen-bond donors (Lipinski definition) is 2. The fraction of sp³-hybridized carbons (Fsp3) is 0.111. The number of anilines is 2. The molecular formula is C18H15FN2O3. The van der Waals surface area contributed by atoms with Crippen LogP contribution < -0.4 is 15.4 Å². The molecule has 0 aliphatic carbocycles. The van der Waals surface area contributed by atoms with Crippen LogP contribution in [0.3, 0.4) is 0 Å². The second kappa shape index (κ2) is 6.54. The van der Waals surface area contributed by atoms with E-state index in [1.165, 1.54) is 18.2 Å². The van der Waals surface area contributed by atoms with Crippen molar-refractivity contribution < 1.29 is 18.7 Å². The molecule has 1 aliphatic rings. The van der Waals surface area contributed by atoms with Gasteiger partial charge >= 0.3 is 0 Å². The van der Waals surface area contributed by atoms with Gasteiger partial charge in [0.25, 0.3) is 5.91 Å². The molecule has 24 heavy (non-hydrogen) atoms. The molecule has 5 nitrogen and oxygen atoms in total. The molecular weight excluding hydrogens is 311 g/mol. The first-order valence-electron chi connectivity index (χ1n) is 7.37. The number of benzene rings is 2. The minimum atomic E-state index is -0.545. The summed E-state index contributed by atoms with van der Waals surface area (Å²) >= 11 is 0. The molecule has 6 heteroatoms. The van der Waals surface area contributed by atoms with Gasteiger partial charge < -0.3 is 15.4 Å². The van der Waals surface area contributed by atoms with E-state index in [1.54, 1.807) is 43.3 Å². The average Bonchev–Trinajstić information content (AvgIpc) is 2.56. The molecule has 1 heterocycles. The van der Waals surface area contributed by atoms with E-state index in [2.05, 4.69) is 10.6 Å². The molecule has 1 aliphatic heterocycles. The molecule has 3 rings (SSSR count). The largest absolute Gasteiger partial charge is 0.479 e. The minimum Gasteiger partial charge on any atom is -0.479 e. The van der Waals surface area contributed by atoms with Crippen molar-refractivity contribution in [3.8, 4) is 5.75 Å². The first-order chi connectivity index (χ1) is 11.5. The van der Waals surface area contributed by atoms with Gasteiger partial charge in [0.15, 0.2) is 6.10 Å². The maximum absolute atomic E-state index is 12.8. The number of ether oxygens (including phenoxy) is 1. The Balaban J connectivity index is 1.67. The summed E-state index contributed by atoms with van der Waals surface area (Å²) < 4.78 is 18.3. The second-order valence-electron chi connectivity index (χ2n) is 5.33. The highest BCUT2D eigenvalue weighted by Gasteiger charge is 2.23. The van der Waals surface area contributed by atoms with Gasteiger partial charge in [0.2, 0.25) is 5.91 Å². The van der Waals surface area contributed by atoms with Gasteiger partial charge in [0.1, 0.15) is 11.6 Å². The monoisotopic (exact) mass is 326 g/mol. The van der Waals surface area contributed by atoms with Crippen LogP contribution in [0.1, 0.15) is 12.5 Å². The van der Waals surface area contributed by atoms with Crippen LogP contribution in [0, 0.1) is 5.82 Å². The number of rotatable bonds is 3. The van der Waals surface area contributed by atoms with Crippen molar-refractivity contribution in [2.75, 3.05) is 10.6 Å². The van der Waals surface area contributed by atoms with Crippen LogP contribution in [-0.4, -0.2) is 17.9 Å². The molecule has 2 amide bonds. The molecule has 0 spiro atoms. The van der Waals surface area contributed by atoms with E-state index < -0.39 is 6.10 Å². The van der Waals surface area contributed by atoms with Gasteiger partial charge in [-0.3, -0.25) is 9.59 Å². The standard InChI is InChI=1S/C18H15FN2O3/c1-11-18(23)21-15-10-14(7-8-16(15)24-11)20-17(22)9-4-12-2-5-13(19)6-3-12/h2-11H,1H3,(H,20,22)(H,21,23). The lowest BCUT2D eigenvalue weighted by molar-refractivity contribution is -0.122. The molecule has 2 aromatic carbocycles. The van der Waals surface area contributed by atoms with E-state index in [4.69, 9.17) is 4.74 Å². The number of fused-ring (bicyclic) bond motifs is 1. The lowest BCUT2D eigenvalue weighted by atomic mass is 10.2. The summed E-state index contributed by atoms with van der Waals surface area (Å²) in [5, 5.41) is 5.41. The Morgan fingerprint density at radius 3 is 2.75 bits per heavy atom. The quantitative estimate of drug-likeness (QED) is 0.851. The summed E-state index contributed by atoms with van der Waals surface area (Å²) in [7, 11) is 0. The number of nitrogens with one attached hydrogen (secondary N) is 2. The summed E-state index contributed by atoms with van der Waals surface area (Å²) in [6.45, 7) is 1.66. The maximum atomic E-state index is 12.8. The molecule has 0 fully saturated rings. The molecule has 122 valence electrons. The third-order valence-corrected chi connectivity index (χ3v) is 3.48. The molecule has 0 saturated heterocycles. The van der Waals surface area contributed by atoms with Crippen molar-refractivity contribution in [3.05, 3.63) is 59.9 Å². The fourth-order valence-corrected chi connectivity index (χ4v) is 2.22. The van der Waals surface area contributed by atoms with Crippen molar-refractivity contribution in [1.29, 1.82) is 0 Å². The van der Waals surface area contributed by atoms with Gasteiger partial charge in [-0.25, -0.2) is 4.39 Å². The summed E-state index contributed by atoms with van der Waals surface area (Å²) in [6.07, 6.45) is 2.39.